The van der Waals surface area contributed by atoms with Crippen molar-refractivity contribution >= 4 is 24.3 Å². The maximum absolute atomic E-state index is 8.24. The van der Waals surface area contributed by atoms with E-state index in [0.29, 0.717) is 24.3 Å². The molecule has 0 unspecified atom stereocenters. The average molecular weight is 227 g/mol. The Labute approximate surface area is 82.6 Å². The molecular weight excluding hydrogens is 227 g/mol. The van der Waals surface area contributed by atoms with Crippen LogP contribution in [0.1, 0.15) is 0 Å². The van der Waals surface area contributed by atoms with Gasteiger partial charge in [0, 0.05) is 16.8 Å². The van der Waals surface area contributed by atoms with Crippen LogP contribution in [-0.4, -0.2) is 24.3 Å². The smallest absolute Gasteiger partial charge is 0 e. The quantitative estimate of drug-likeness (QED) is 0.405. The Kier molecular flexibility index (Phi) is 467. The maximum atomic E-state index is 8.24. The SMILES string of the molecule is [Co].[N-]=C=O.[N-]=C=O.[N-]=C=O.[N-]=C=O. The van der Waals surface area contributed by atoms with E-state index in [-0.39, 0.29) is 16.8 Å². The number of rotatable bonds is 0. The van der Waals surface area contributed by atoms with Crippen LogP contribution in [0.15, 0.2) is 0 Å². The molecule has 73 valence electrons. The standard InChI is InChI=1S/4CNO.Co/c4*2-1-3;/q4*-1;. The molecule has 0 bridgehead atoms. The van der Waals surface area contributed by atoms with Crippen molar-refractivity contribution < 1.29 is 36.0 Å². The Morgan fingerprint density at radius 1 is 0.538 bits per heavy atom. The first kappa shape index (κ1) is 30.5. The molecule has 13 heavy (non-hydrogen) atoms. The third-order valence-corrected chi connectivity index (χ3v) is 0. The summed E-state index contributed by atoms with van der Waals surface area (Å²) in [6.45, 7) is 0. The van der Waals surface area contributed by atoms with E-state index >= 15 is 0 Å². The van der Waals surface area contributed by atoms with Gasteiger partial charge < -0.3 is 21.6 Å². The summed E-state index contributed by atoms with van der Waals surface area (Å²) >= 11 is 0. The number of hydrogen-bond acceptors (Lipinski definition) is 4. The molecule has 0 saturated heterocycles. The minimum absolute atomic E-state index is 0. The van der Waals surface area contributed by atoms with E-state index in [2.05, 4.69) is 0 Å². The number of nitrogens with zero attached hydrogens (tertiary/aromatic N) is 4. The molecule has 0 aromatic carbocycles. The van der Waals surface area contributed by atoms with Gasteiger partial charge in [-0.2, -0.15) is 0 Å². The molecule has 0 fully saturated rings. The van der Waals surface area contributed by atoms with Crippen LogP contribution in [0, 0.1) is 0 Å². The molecule has 0 spiro atoms. The summed E-state index contributed by atoms with van der Waals surface area (Å²) in [6.07, 6.45) is 2.00. The van der Waals surface area contributed by atoms with Crippen molar-refractivity contribution in [2.75, 3.05) is 0 Å². The molecular formula is C4CoN4O4-4. The molecule has 8 nitrogen and oxygen atoms in total. The van der Waals surface area contributed by atoms with Gasteiger partial charge in [0.1, 0.15) is 0 Å². The molecule has 0 aliphatic heterocycles. The number of hydrogen-bond donors (Lipinski definition) is 0. The molecule has 0 aliphatic rings. The van der Waals surface area contributed by atoms with E-state index in [1.54, 1.807) is 0 Å². The van der Waals surface area contributed by atoms with E-state index in [0.717, 1.165) is 0 Å². The first-order valence-electron chi connectivity index (χ1n) is 1.71. The predicted octanol–water partition coefficient (Wildman–Crippen LogP) is -0.436. The van der Waals surface area contributed by atoms with Gasteiger partial charge in [-0.3, -0.25) is 19.2 Å². The van der Waals surface area contributed by atoms with Crippen LogP contribution in [0.3, 0.4) is 0 Å². The molecule has 0 saturated carbocycles. The summed E-state index contributed by atoms with van der Waals surface area (Å²) in [5.41, 5.74) is 0. The second kappa shape index (κ2) is 199. The molecule has 1 radical (unpaired) electrons. The van der Waals surface area contributed by atoms with Crippen molar-refractivity contribution in [2.45, 2.75) is 0 Å². The molecule has 0 atom stereocenters. The third-order valence-electron chi connectivity index (χ3n) is 0. The zero-order valence-electron chi connectivity index (χ0n) is 5.76. The van der Waals surface area contributed by atoms with Gasteiger partial charge in [0.05, 0.1) is 0 Å². The van der Waals surface area contributed by atoms with Gasteiger partial charge in [-0.05, 0) is 24.3 Å². The fourth-order valence-corrected chi connectivity index (χ4v) is 0. The molecule has 0 heterocycles. The van der Waals surface area contributed by atoms with Gasteiger partial charge in [0.15, 0.2) is 0 Å². The average Bonchev–Trinajstić information content (AvgIpc) is 1.92. The molecule has 9 heteroatoms. The van der Waals surface area contributed by atoms with Crippen molar-refractivity contribution in [1.82, 2.24) is 0 Å². The fraction of sp³-hybridized carbons (Fsp3) is 0. The molecule has 0 amide bonds. The van der Waals surface area contributed by atoms with Crippen molar-refractivity contribution in [2.24, 2.45) is 0 Å². The second-order valence-corrected chi connectivity index (χ2v) is 0.365. The summed E-state index contributed by atoms with van der Waals surface area (Å²) in [5, 5.41) is 27.1. The number of isocyanates is 4. The summed E-state index contributed by atoms with van der Waals surface area (Å²) in [6, 6.07) is 0. The van der Waals surface area contributed by atoms with Gasteiger partial charge >= 0.3 is 0 Å². The van der Waals surface area contributed by atoms with E-state index in [9.17, 15) is 0 Å². The first-order chi connectivity index (χ1) is 5.66. The fourth-order valence-electron chi connectivity index (χ4n) is 0. The van der Waals surface area contributed by atoms with Crippen LogP contribution in [0.2, 0.25) is 0 Å². The third kappa shape index (κ3) is 166. The topological polar surface area (TPSA) is 157 Å². The Balaban J connectivity index is -0.0000000213. The molecule has 0 aromatic rings. The van der Waals surface area contributed by atoms with E-state index < -0.39 is 0 Å². The Bertz CT molecular complexity index is 156. The van der Waals surface area contributed by atoms with Crippen molar-refractivity contribution in [3.05, 3.63) is 21.6 Å². The monoisotopic (exact) mass is 227 g/mol. The largest absolute Gasteiger partial charge is 0.724 e. The van der Waals surface area contributed by atoms with Crippen molar-refractivity contribution in [1.29, 1.82) is 0 Å². The minimum atomic E-state index is 0. The Morgan fingerprint density at radius 3 is 0.538 bits per heavy atom. The van der Waals surface area contributed by atoms with Crippen molar-refractivity contribution in [3.8, 4) is 0 Å². The second-order valence-electron chi connectivity index (χ2n) is 0.365. The van der Waals surface area contributed by atoms with Crippen LogP contribution in [0.25, 0.3) is 21.6 Å². The number of carbonyl (C=O) groups excluding carboxylic acids is 4. The Morgan fingerprint density at radius 2 is 0.538 bits per heavy atom. The van der Waals surface area contributed by atoms with Gasteiger partial charge in [0.2, 0.25) is 0 Å². The van der Waals surface area contributed by atoms with Crippen LogP contribution in [0.5, 0.6) is 0 Å². The van der Waals surface area contributed by atoms with Crippen LogP contribution >= 0.6 is 0 Å². The van der Waals surface area contributed by atoms with Gasteiger partial charge in [-0.1, -0.05) is 0 Å². The normalized spacial score (nSPS) is 2.46. The Hall–Kier alpha value is -1.97. The van der Waals surface area contributed by atoms with Gasteiger partial charge in [-0.25, -0.2) is 0 Å². The first-order valence-corrected chi connectivity index (χ1v) is 1.71. The van der Waals surface area contributed by atoms with Crippen molar-refractivity contribution in [3.63, 3.8) is 0 Å². The van der Waals surface area contributed by atoms with E-state index in [1.807, 2.05) is 0 Å². The minimum Gasteiger partial charge on any atom is -0.724 e. The maximum Gasteiger partial charge on any atom is 0 e. The van der Waals surface area contributed by atoms with Gasteiger partial charge in [0.25, 0.3) is 0 Å². The van der Waals surface area contributed by atoms with E-state index in [4.69, 9.17) is 40.8 Å². The van der Waals surface area contributed by atoms with Crippen LogP contribution in [-0.2, 0) is 36.0 Å². The summed E-state index contributed by atoms with van der Waals surface area (Å²) in [7, 11) is 0. The summed E-state index contributed by atoms with van der Waals surface area (Å²) in [4.78, 5) is 32.9. The molecule has 0 aliphatic carbocycles. The molecule has 0 aromatic heterocycles. The molecule has 0 N–H and O–H groups in total. The zero-order chi connectivity index (χ0) is 10.8. The van der Waals surface area contributed by atoms with Crippen LogP contribution in [0.4, 0.5) is 0 Å². The summed E-state index contributed by atoms with van der Waals surface area (Å²) in [5.74, 6) is 0. The summed E-state index contributed by atoms with van der Waals surface area (Å²) < 4.78 is 0. The molecule has 0 rings (SSSR count). The van der Waals surface area contributed by atoms with E-state index in [1.165, 1.54) is 0 Å². The zero-order valence-corrected chi connectivity index (χ0v) is 6.80. The van der Waals surface area contributed by atoms with Gasteiger partial charge in [-0.15, -0.1) is 0 Å². The predicted molar refractivity (Wildman–Crippen MR) is 36.2 cm³/mol. The van der Waals surface area contributed by atoms with Crippen LogP contribution < -0.4 is 0 Å².